The van der Waals surface area contributed by atoms with Crippen molar-refractivity contribution in [2.75, 3.05) is 0 Å². The summed E-state index contributed by atoms with van der Waals surface area (Å²) >= 11 is 4.76. The maximum absolute atomic E-state index is 11.2. The Morgan fingerprint density at radius 2 is 2.12 bits per heavy atom. The highest BCUT2D eigenvalue weighted by Gasteiger charge is 2.20. The van der Waals surface area contributed by atoms with Gasteiger partial charge in [-0.2, -0.15) is 0 Å². The van der Waals surface area contributed by atoms with Gasteiger partial charge in [0.2, 0.25) is 0 Å². The number of thiophene rings is 1. The maximum Gasteiger partial charge on any atom is 0.273 e. The third-order valence-electron chi connectivity index (χ3n) is 1.88. The van der Waals surface area contributed by atoms with Crippen molar-refractivity contribution in [3.63, 3.8) is 0 Å². The van der Waals surface area contributed by atoms with E-state index in [1.54, 1.807) is 7.05 Å². The summed E-state index contributed by atoms with van der Waals surface area (Å²) in [6, 6.07) is 3.68. The zero-order valence-corrected chi connectivity index (χ0v) is 11.3. The molecule has 2 aromatic rings. The van der Waals surface area contributed by atoms with Gasteiger partial charge in [-0.1, -0.05) is 0 Å². The van der Waals surface area contributed by atoms with Crippen molar-refractivity contribution in [2.45, 2.75) is 5.16 Å². The molecule has 2 rings (SSSR count). The number of primary sulfonamides is 1. The van der Waals surface area contributed by atoms with Crippen LogP contribution in [0, 0.1) is 0 Å². The molecule has 0 spiro atoms. The zero-order valence-electron chi connectivity index (χ0n) is 8.08. The van der Waals surface area contributed by atoms with E-state index in [0.717, 1.165) is 8.66 Å². The zero-order chi connectivity index (χ0) is 11.9. The molecular formula is C7H7BrN4O2S2. The van der Waals surface area contributed by atoms with Crippen LogP contribution in [0.4, 0.5) is 0 Å². The lowest BCUT2D eigenvalue weighted by Crippen LogP contribution is -2.17. The summed E-state index contributed by atoms with van der Waals surface area (Å²) in [4.78, 5) is 0.816. The van der Waals surface area contributed by atoms with E-state index in [1.807, 2.05) is 12.1 Å². The molecule has 0 atom stereocenters. The molecule has 0 saturated heterocycles. The van der Waals surface area contributed by atoms with E-state index in [2.05, 4.69) is 26.1 Å². The van der Waals surface area contributed by atoms with Crippen LogP contribution < -0.4 is 5.14 Å². The highest BCUT2D eigenvalue weighted by atomic mass is 79.9. The first-order valence-corrected chi connectivity index (χ1v) is 7.23. The number of sulfonamides is 1. The number of nitrogens with two attached hydrogens (primary N) is 1. The number of hydrogen-bond donors (Lipinski definition) is 1. The topological polar surface area (TPSA) is 90.9 Å². The molecule has 6 nitrogen and oxygen atoms in total. The first-order valence-electron chi connectivity index (χ1n) is 4.07. The first-order chi connectivity index (χ1) is 7.39. The smallest absolute Gasteiger partial charge is 0.273 e. The number of rotatable bonds is 2. The molecule has 2 aromatic heterocycles. The second kappa shape index (κ2) is 3.91. The molecule has 0 radical (unpaired) electrons. The summed E-state index contributed by atoms with van der Waals surface area (Å²) in [6.45, 7) is 0. The Kier molecular flexibility index (Phi) is 2.86. The van der Waals surface area contributed by atoms with Crippen LogP contribution >= 0.6 is 27.3 Å². The van der Waals surface area contributed by atoms with Gasteiger partial charge in [-0.15, -0.1) is 21.5 Å². The van der Waals surface area contributed by atoms with Gasteiger partial charge in [0.05, 0.1) is 8.66 Å². The highest BCUT2D eigenvalue weighted by molar-refractivity contribution is 9.11. The fourth-order valence-corrected chi connectivity index (χ4v) is 3.24. The van der Waals surface area contributed by atoms with Crippen LogP contribution in [0.25, 0.3) is 10.7 Å². The molecule has 0 saturated carbocycles. The van der Waals surface area contributed by atoms with Gasteiger partial charge in [-0.3, -0.25) is 4.57 Å². The Balaban J connectivity index is 2.58. The van der Waals surface area contributed by atoms with Crippen LogP contribution in [-0.2, 0) is 17.1 Å². The molecule has 0 bridgehead atoms. The Bertz CT molecular complexity index is 631. The van der Waals surface area contributed by atoms with Gasteiger partial charge in [0.15, 0.2) is 5.82 Å². The van der Waals surface area contributed by atoms with Crippen molar-refractivity contribution >= 4 is 37.3 Å². The average Bonchev–Trinajstić information content (AvgIpc) is 2.70. The van der Waals surface area contributed by atoms with Crippen molar-refractivity contribution < 1.29 is 8.42 Å². The Labute approximate surface area is 104 Å². The molecule has 0 aromatic carbocycles. The fraction of sp³-hybridized carbons (Fsp3) is 0.143. The monoisotopic (exact) mass is 322 g/mol. The molecule has 0 aliphatic carbocycles. The van der Waals surface area contributed by atoms with E-state index in [4.69, 9.17) is 5.14 Å². The summed E-state index contributed by atoms with van der Waals surface area (Å²) < 4.78 is 24.6. The third-order valence-corrected chi connectivity index (χ3v) is 4.37. The number of halogens is 1. The van der Waals surface area contributed by atoms with Crippen molar-refractivity contribution in [1.29, 1.82) is 0 Å². The van der Waals surface area contributed by atoms with Crippen molar-refractivity contribution in [1.82, 2.24) is 14.8 Å². The van der Waals surface area contributed by atoms with Gasteiger partial charge in [-0.25, -0.2) is 13.6 Å². The van der Waals surface area contributed by atoms with Gasteiger partial charge in [0, 0.05) is 7.05 Å². The normalized spacial score (nSPS) is 11.9. The predicted octanol–water partition coefficient (Wildman–Crippen LogP) is 0.953. The summed E-state index contributed by atoms with van der Waals surface area (Å²) in [6.07, 6.45) is 0. The Hall–Kier alpha value is -0.770. The predicted molar refractivity (Wildman–Crippen MR) is 63.4 cm³/mol. The van der Waals surface area contributed by atoms with Crippen LogP contribution in [0.2, 0.25) is 0 Å². The minimum atomic E-state index is -3.83. The Morgan fingerprint density at radius 3 is 2.56 bits per heavy atom. The lowest BCUT2D eigenvalue weighted by Gasteiger charge is -1.99. The van der Waals surface area contributed by atoms with Gasteiger partial charge in [0.1, 0.15) is 0 Å². The van der Waals surface area contributed by atoms with Crippen LogP contribution in [0.5, 0.6) is 0 Å². The molecular weight excluding hydrogens is 316 g/mol. The van der Waals surface area contributed by atoms with E-state index >= 15 is 0 Å². The molecule has 0 unspecified atom stereocenters. The van der Waals surface area contributed by atoms with Crippen LogP contribution in [0.1, 0.15) is 0 Å². The fourth-order valence-electron chi connectivity index (χ4n) is 1.21. The number of nitrogens with zero attached hydrogens (tertiary/aromatic N) is 3. The molecule has 2 heterocycles. The average molecular weight is 323 g/mol. The third kappa shape index (κ3) is 2.03. The summed E-state index contributed by atoms with van der Waals surface area (Å²) in [5, 5.41) is 12.1. The van der Waals surface area contributed by atoms with Crippen molar-refractivity contribution in [2.24, 2.45) is 12.2 Å². The summed E-state index contributed by atoms with van der Waals surface area (Å²) in [7, 11) is -2.27. The SMILES string of the molecule is Cn1c(-c2ccc(Br)s2)nnc1S(N)(=O)=O. The molecule has 0 aliphatic rings. The minimum absolute atomic E-state index is 0.243. The molecule has 9 heteroatoms. The molecule has 0 aliphatic heterocycles. The highest BCUT2D eigenvalue weighted by Crippen LogP contribution is 2.30. The lowest BCUT2D eigenvalue weighted by molar-refractivity contribution is 0.580. The van der Waals surface area contributed by atoms with E-state index in [-0.39, 0.29) is 5.16 Å². The minimum Gasteiger partial charge on any atom is -0.299 e. The van der Waals surface area contributed by atoms with Crippen LogP contribution in [-0.4, -0.2) is 23.2 Å². The second-order valence-electron chi connectivity index (χ2n) is 3.01. The van der Waals surface area contributed by atoms with Gasteiger partial charge in [-0.05, 0) is 28.1 Å². The van der Waals surface area contributed by atoms with Gasteiger partial charge in [0.25, 0.3) is 15.2 Å². The summed E-state index contributed by atoms with van der Waals surface area (Å²) in [5.41, 5.74) is 0. The van der Waals surface area contributed by atoms with E-state index in [9.17, 15) is 8.42 Å². The second-order valence-corrected chi connectivity index (χ2v) is 6.93. The number of hydrogen-bond acceptors (Lipinski definition) is 5. The van der Waals surface area contributed by atoms with Gasteiger partial charge < -0.3 is 0 Å². The van der Waals surface area contributed by atoms with Gasteiger partial charge >= 0.3 is 0 Å². The van der Waals surface area contributed by atoms with Crippen molar-refractivity contribution in [3.05, 3.63) is 15.9 Å². The standard InChI is InChI=1S/C7H7BrN4O2S2/c1-12-6(4-2-3-5(8)15-4)10-11-7(12)16(9,13)14/h2-3H,1H3,(H2,9,13,14). The Morgan fingerprint density at radius 1 is 1.44 bits per heavy atom. The maximum atomic E-state index is 11.2. The van der Waals surface area contributed by atoms with E-state index < -0.39 is 10.0 Å². The van der Waals surface area contributed by atoms with Crippen molar-refractivity contribution in [3.8, 4) is 10.7 Å². The number of aromatic nitrogens is 3. The largest absolute Gasteiger partial charge is 0.299 e. The van der Waals surface area contributed by atoms with Crippen LogP contribution in [0.3, 0.4) is 0 Å². The van der Waals surface area contributed by atoms with E-state index in [1.165, 1.54) is 15.9 Å². The quantitative estimate of drug-likeness (QED) is 0.891. The lowest BCUT2D eigenvalue weighted by atomic mass is 10.4. The molecule has 2 N–H and O–H groups in total. The molecule has 86 valence electrons. The molecule has 0 fully saturated rings. The van der Waals surface area contributed by atoms with Crippen LogP contribution in [0.15, 0.2) is 21.1 Å². The van der Waals surface area contributed by atoms with E-state index in [0.29, 0.717) is 5.82 Å². The first kappa shape index (κ1) is 11.7. The molecule has 0 amide bonds. The summed E-state index contributed by atoms with van der Waals surface area (Å²) in [5.74, 6) is 0.472. The molecule has 16 heavy (non-hydrogen) atoms.